The first-order valence-corrected chi connectivity index (χ1v) is 7.38. The van der Waals surface area contributed by atoms with Gasteiger partial charge >= 0.3 is 0 Å². The summed E-state index contributed by atoms with van der Waals surface area (Å²) in [5.41, 5.74) is 2.08. The van der Waals surface area contributed by atoms with Crippen molar-refractivity contribution in [2.24, 2.45) is 0 Å². The smallest absolute Gasteiger partial charge is 0.258 e. The van der Waals surface area contributed by atoms with Crippen LogP contribution in [-0.4, -0.2) is 43.9 Å². The van der Waals surface area contributed by atoms with Gasteiger partial charge in [0.2, 0.25) is 0 Å². The van der Waals surface area contributed by atoms with Crippen molar-refractivity contribution in [3.8, 4) is 0 Å². The Morgan fingerprint density at radius 2 is 1.74 bits per heavy atom. The van der Waals surface area contributed by atoms with E-state index in [2.05, 4.69) is 15.5 Å². The second-order valence-electron chi connectivity index (χ2n) is 5.76. The molecule has 2 aromatic carbocycles. The van der Waals surface area contributed by atoms with Crippen LogP contribution >= 0.6 is 12.4 Å². The molecule has 0 unspecified atom stereocenters. The highest BCUT2D eigenvalue weighted by molar-refractivity contribution is 6.26. The molecule has 1 heterocycles. The highest BCUT2D eigenvalue weighted by Crippen LogP contribution is 2.31. The van der Waals surface area contributed by atoms with Gasteiger partial charge in [0.25, 0.3) is 11.8 Å². The molecular weight excluding hydrogens is 314 g/mol. The molecule has 0 saturated heterocycles. The van der Waals surface area contributed by atoms with Crippen LogP contribution in [0.25, 0.3) is 10.8 Å². The molecule has 5 nitrogen and oxygen atoms in total. The highest BCUT2D eigenvalue weighted by Gasteiger charge is 2.25. The van der Waals surface area contributed by atoms with Gasteiger partial charge in [-0.2, -0.15) is 0 Å². The third kappa shape index (κ3) is 3.30. The maximum absolute atomic E-state index is 12.0. The number of carbonyl (C=O) groups is 2. The zero-order valence-electron chi connectivity index (χ0n) is 13.2. The molecule has 1 aliphatic heterocycles. The number of hydrogen-bond acceptors (Lipinski definition) is 4. The minimum absolute atomic E-state index is 0. The zero-order valence-corrected chi connectivity index (χ0v) is 14.0. The number of hydrogen-bond donors (Lipinski definition) is 2. The third-order valence-corrected chi connectivity index (χ3v) is 3.85. The third-order valence-electron chi connectivity index (χ3n) is 3.85. The van der Waals surface area contributed by atoms with Crippen LogP contribution < -0.4 is 10.6 Å². The van der Waals surface area contributed by atoms with E-state index in [9.17, 15) is 9.59 Å². The van der Waals surface area contributed by atoms with Gasteiger partial charge in [-0.25, -0.2) is 0 Å². The summed E-state index contributed by atoms with van der Waals surface area (Å²) < 4.78 is 0. The quantitative estimate of drug-likeness (QED) is 0.652. The maximum atomic E-state index is 12.0. The van der Waals surface area contributed by atoms with Crippen molar-refractivity contribution >= 4 is 40.7 Å². The molecule has 1 aliphatic rings. The second kappa shape index (κ2) is 6.98. The average molecular weight is 334 g/mol. The average Bonchev–Trinajstić information content (AvgIpc) is 2.49. The first kappa shape index (κ1) is 17.2. The fraction of sp³-hybridized carbons (Fsp3) is 0.294. The number of rotatable bonds is 5. The molecule has 0 atom stereocenters. The number of halogens is 1. The molecule has 0 saturated carbocycles. The van der Waals surface area contributed by atoms with Crippen molar-refractivity contribution < 1.29 is 9.59 Å². The number of nitrogens with zero attached hydrogens (tertiary/aromatic N) is 1. The van der Waals surface area contributed by atoms with E-state index < -0.39 is 0 Å². The van der Waals surface area contributed by atoms with E-state index in [0.29, 0.717) is 11.1 Å². The van der Waals surface area contributed by atoms with Gasteiger partial charge in [-0.05, 0) is 45.3 Å². The van der Waals surface area contributed by atoms with Crippen molar-refractivity contribution in [3.05, 3.63) is 41.5 Å². The maximum Gasteiger partial charge on any atom is 0.258 e. The van der Waals surface area contributed by atoms with Crippen LogP contribution in [0.15, 0.2) is 30.3 Å². The number of nitrogens with one attached hydrogen (secondary N) is 2. The molecule has 0 aliphatic carbocycles. The number of imide groups is 1. The molecule has 0 spiro atoms. The Morgan fingerprint density at radius 3 is 2.43 bits per heavy atom. The Balaban J connectivity index is 0.00000192. The molecule has 2 N–H and O–H groups in total. The van der Waals surface area contributed by atoms with E-state index in [4.69, 9.17) is 0 Å². The number of benzene rings is 2. The standard InChI is InChI=1S/C17H19N3O2.ClH/c1-20(2)10-4-9-18-14-8-7-13-15-11(14)5-3-6-12(15)16(21)19-17(13)22;/h3,5-8,18H,4,9-10H2,1-2H3,(H,19,21,22);1H. The first-order valence-electron chi connectivity index (χ1n) is 7.38. The largest absolute Gasteiger partial charge is 0.384 e. The lowest BCUT2D eigenvalue weighted by Crippen LogP contribution is -2.34. The lowest BCUT2D eigenvalue weighted by atomic mass is 9.94. The van der Waals surface area contributed by atoms with Crippen LogP contribution in [0.3, 0.4) is 0 Å². The van der Waals surface area contributed by atoms with Crippen LogP contribution in [0, 0.1) is 0 Å². The summed E-state index contributed by atoms with van der Waals surface area (Å²) in [4.78, 5) is 26.1. The van der Waals surface area contributed by atoms with Crippen LogP contribution in [0.1, 0.15) is 27.1 Å². The molecule has 6 heteroatoms. The predicted molar refractivity (Wildman–Crippen MR) is 94.7 cm³/mol. The fourth-order valence-corrected chi connectivity index (χ4v) is 2.80. The Kier molecular flexibility index (Phi) is 5.23. The molecule has 0 aromatic heterocycles. The lowest BCUT2D eigenvalue weighted by Gasteiger charge is -2.19. The van der Waals surface area contributed by atoms with Crippen LogP contribution in [0.4, 0.5) is 5.69 Å². The van der Waals surface area contributed by atoms with Gasteiger partial charge in [0.1, 0.15) is 0 Å². The molecule has 0 bridgehead atoms. The molecular formula is C17H20ClN3O2. The summed E-state index contributed by atoms with van der Waals surface area (Å²) >= 11 is 0. The van der Waals surface area contributed by atoms with E-state index >= 15 is 0 Å². The predicted octanol–water partition coefficient (Wildman–Crippen LogP) is 2.51. The van der Waals surface area contributed by atoms with Crippen molar-refractivity contribution in [1.82, 2.24) is 10.2 Å². The van der Waals surface area contributed by atoms with E-state index in [-0.39, 0.29) is 24.2 Å². The first-order chi connectivity index (χ1) is 10.6. The molecule has 3 rings (SSSR count). The van der Waals surface area contributed by atoms with Crippen LogP contribution in [-0.2, 0) is 0 Å². The Morgan fingerprint density at radius 1 is 1.04 bits per heavy atom. The van der Waals surface area contributed by atoms with Gasteiger partial charge in [0.05, 0.1) is 0 Å². The van der Waals surface area contributed by atoms with E-state index in [1.165, 1.54) is 0 Å². The topological polar surface area (TPSA) is 61.4 Å². The Bertz CT molecular complexity index is 739. The van der Waals surface area contributed by atoms with Gasteiger partial charge in [-0.15, -0.1) is 12.4 Å². The summed E-state index contributed by atoms with van der Waals surface area (Å²) in [6.07, 6.45) is 1.02. The Hall–Kier alpha value is -2.11. The summed E-state index contributed by atoms with van der Waals surface area (Å²) in [5, 5.41) is 7.45. The van der Waals surface area contributed by atoms with Gasteiger partial charge in [0, 0.05) is 34.1 Å². The number of carbonyl (C=O) groups excluding carboxylic acids is 2. The summed E-state index contributed by atoms with van der Waals surface area (Å²) in [6, 6.07) is 9.24. The molecule has 0 radical (unpaired) electrons. The SMILES string of the molecule is CN(C)CCCNc1ccc2c3c(cccc13)C(=O)NC2=O.Cl. The number of anilines is 1. The summed E-state index contributed by atoms with van der Waals surface area (Å²) in [7, 11) is 4.10. The highest BCUT2D eigenvalue weighted by atomic mass is 35.5. The minimum Gasteiger partial charge on any atom is -0.384 e. The van der Waals surface area contributed by atoms with Crippen molar-refractivity contribution in [2.75, 3.05) is 32.5 Å². The monoisotopic (exact) mass is 333 g/mol. The normalized spacial score (nSPS) is 13.0. The lowest BCUT2D eigenvalue weighted by molar-refractivity contribution is 0.0845. The molecule has 0 fully saturated rings. The Labute approximate surface area is 141 Å². The van der Waals surface area contributed by atoms with Crippen LogP contribution in [0.2, 0.25) is 0 Å². The molecule has 2 amide bonds. The van der Waals surface area contributed by atoms with E-state index in [1.54, 1.807) is 12.1 Å². The van der Waals surface area contributed by atoms with Crippen molar-refractivity contribution in [1.29, 1.82) is 0 Å². The minimum atomic E-state index is -0.326. The second-order valence-corrected chi connectivity index (χ2v) is 5.76. The van der Waals surface area contributed by atoms with Gasteiger partial charge in [-0.3, -0.25) is 14.9 Å². The van der Waals surface area contributed by atoms with Gasteiger partial charge in [-0.1, -0.05) is 12.1 Å². The van der Waals surface area contributed by atoms with Gasteiger partial charge in [0.15, 0.2) is 0 Å². The fourth-order valence-electron chi connectivity index (χ4n) is 2.80. The summed E-state index contributed by atoms with van der Waals surface area (Å²) in [6.45, 7) is 1.85. The number of amides is 2. The van der Waals surface area contributed by atoms with Crippen molar-refractivity contribution in [3.63, 3.8) is 0 Å². The van der Waals surface area contributed by atoms with E-state index in [0.717, 1.165) is 36.0 Å². The van der Waals surface area contributed by atoms with Crippen molar-refractivity contribution in [2.45, 2.75) is 6.42 Å². The zero-order chi connectivity index (χ0) is 15.7. The molecule has 2 aromatic rings. The van der Waals surface area contributed by atoms with E-state index in [1.807, 2.05) is 32.3 Å². The molecule has 122 valence electrons. The molecule has 23 heavy (non-hydrogen) atoms. The van der Waals surface area contributed by atoms with Crippen LogP contribution in [0.5, 0.6) is 0 Å². The summed E-state index contributed by atoms with van der Waals surface area (Å²) in [5.74, 6) is -0.652. The van der Waals surface area contributed by atoms with Gasteiger partial charge < -0.3 is 10.2 Å².